The fourth-order valence-corrected chi connectivity index (χ4v) is 2.58. The molecule has 118 valence electrons. The fraction of sp³-hybridized carbons (Fsp3) is 0.286. The first-order chi connectivity index (χ1) is 11.1. The molecule has 2 amide bonds. The highest BCUT2D eigenvalue weighted by Crippen LogP contribution is 2.34. The van der Waals surface area contributed by atoms with E-state index >= 15 is 0 Å². The summed E-state index contributed by atoms with van der Waals surface area (Å²) in [6.45, 7) is 1.89. The predicted octanol–water partition coefficient (Wildman–Crippen LogP) is 0.837. The third-order valence-electron chi connectivity index (χ3n) is 3.61. The molecule has 0 spiro atoms. The first-order valence-corrected chi connectivity index (χ1v) is 7.03. The van der Waals surface area contributed by atoms with Crippen LogP contribution >= 0.6 is 0 Å². The lowest BCUT2D eigenvalue weighted by atomic mass is 10.2. The summed E-state index contributed by atoms with van der Waals surface area (Å²) in [5.41, 5.74) is 0.577. The molecule has 1 aromatic heterocycles. The Morgan fingerprint density at radius 1 is 1.43 bits per heavy atom. The minimum atomic E-state index is -0.694. The second kappa shape index (κ2) is 4.97. The van der Waals surface area contributed by atoms with Crippen molar-refractivity contribution in [2.75, 3.05) is 17.4 Å². The molecule has 1 atom stereocenters. The van der Waals surface area contributed by atoms with E-state index in [0.717, 1.165) is 0 Å². The van der Waals surface area contributed by atoms with Gasteiger partial charge in [-0.15, -0.1) is 0 Å². The van der Waals surface area contributed by atoms with Crippen LogP contribution in [0.4, 0.5) is 11.6 Å². The average molecular weight is 315 g/mol. The van der Waals surface area contributed by atoms with Crippen molar-refractivity contribution in [3.8, 4) is 11.5 Å². The van der Waals surface area contributed by atoms with Gasteiger partial charge in [-0.1, -0.05) is 0 Å². The first-order valence-electron chi connectivity index (χ1n) is 7.03. The molecule has 0 unspecified atom stereocenters. The van der Waals surface area contributed by atoms with Gasteiger partial charge in [0.1, 0.15) is 11.9 Å². The molecule has 2 aliphatic rings. The zero-order chi connectivity index (χ0) is 16.0. The van der Waals surface area contributed by atoms with E-state index in [1.54, 1.807) is 25.1 Å². The summed E-state index contributed by atoms with van der Waals surface area (Å²) in [6.07, 6.45) is -0.0317. The molecule has 9 nitrogen and oxygen atoms in total. The molecule has 9 heteroatoms. The van der Waals surface area contributed by atoms with E-state index in [-0.39, 0.29) is 25.0 Å². The molecule has 0 saturated heterocycles. The van der Waals surface area contributed by atoms with E-state index in [4.69, 9.17) is 9.47 Å². The predicted molar refractivity (Wildman–Crippen MR) is 78.2 cm³/mol. The Labute approximate surface area is 130 Å². The first kappa shape index (κ1) is 13.6. The number of amides is 2. The Balaban J connectivity index is 1.47. The van der Waals surface area contributed by atoms with Crippen molar-refractivity contribution in [3.63, 3.8) is 0 Å². The third-order valence-corrected chi connectivity index (χ3v) is 3.61. The summed E-state index contributed by atoms with van der Waals surface area (Å²) in [7, 11) is 0. The number of ether oxygens (including phenoxy) is 2. The normalized spacial score (nSPS) is 17.8. The van der Waals surface area contributed by atoms with Crippen LogP contribution in [0.1, 0.15) is 18.3 Å². The summed E-state index contributed by atoms with van der Waals surface area (Å²) in [5, 5.41) is 9.48. The van der Waals surface area contributed by atoms with E-state index in [1.165, 1.54) is 4.68 Å². The number of carbonyl (C=O) groups excluding carboxylic acids is 2. The minimum absolute atomic E-state index is 0.0317. The molecule has 3 heterocycles. The van der Waals surface area contributed by atoms with Gasteiger partial charge < -0.3 is 14.8 Å². The summed E-state index contributed by atoms with van der Waals surface area (Å²) in [6, 6.07) is 4.42. The van der Waals surface area contributed by atoms with Crippen LogP contribution in [-0.4, -0.2) is 33.4 Å². The smallest absolute Gasteiger partial charge is 0.252 e. The number of nitrogens with zero attached hydrogens (tertiary/aromatic N) is 3. The highest BCUT2D eigenvalue weighted by Gasteiger charge is 2.34. The van der Waals surface area contributed by atoms with Crippen molar-refractivity contribution in [3.05, 3.63) is 24.0 Å². The standard InChI is InChI=1S/C14H13N5O4/c1-7-15-14-17-13(21)9(19(14)18-7)5-12(20)16-8-2-3-10-11(4-8)23-6-22-10/h2-4,9H,5-6H2,1H3,(H,16,20)(H,15,17,18,21)/t9-/m0/s1. The van der Waals surface area contributed by atoms with Crippen LogP contribution in [0.5, 0.6) is 11.5 Å². The maximum atomic E-state index is 12.2. The van der Waals surface area contributed by atoms with Gasteiger partial charge in [0, 0.05) is 11.8 Å². The van der Waals surface area contributed by atoms with Crippen molar-refractivity contribution in [1.82, 2.24) is 14.8 Å². The Hall–Kier alpha value is -3.10. The van der Waals surface area contributed by atoms with Crippen molar-refractivity contribution in [2.45, 2.75) is 19.4 Å². The number of aromatic nitrogens is 3. The number of fused-ring (bicyclic) bond motifs is 2. The number of nitrogens with one attached hydrogen (secondary N) is 2. The SMILES string of the molecule is Cc1nc2n(n1)[C@@H](CC(=O)Nc1ccc3c(c1)OCO3)C(=O)N2. The van der Waals surface area contributed by atoms with E-state index in [9.17, 15) is 9.59 Å². The largest absolute Gasteiger partial charge is 0.454 e. The summed E-state index contributed by atoms with van der Waals surface area (Å²) in [5.74, 6) is 1.54. The maximum absolute atomic E-state index is 12.2. The Kier molecular flexibility index (Phi) is 2.93. The molecular formula is C14H13N5O4. The third kappa shape index (κ3) is 2.35. The van der Waals surface area contributed by atoms with Gasteiger partial charge >= 0.3 is 0 Å². The van der Waals surface area contributed by atoms with Crippen molar-refractivity contribution in [1.29, 1.82) is 0 Å². The maximum Gasteiger partial charge on any atom is 0.252 e. The highest BCUT2D eigenvalue weighted by atomic mass is 16.7. The van der Waals surface area contributed by atoms with E-state index in [0.29, 0.717) is 29.0 Å². The van der Waals surface area contributed by atoms with Gasteiger partial charge in [-0.25, -0.2) is 4.68 Å². The summed E-state index contributed by atoms with van der Waals surface area (Å²) < 4.78 is 11.9. The number of carbonyl (C=O) groups is 2. The average Bonchev–Trinajstić information content (AvgIpc) is 3.16. The van der Waals surface area contributed by atoms with Gasteiger partial charge in [-0.3, -0.25) is 14.9 Å². The molecule has 0 saturated carbocycles. The van der Waals surface area contributed by atoms with Crippen molar-refractivity contribution < 1.29 is 19.1 Å². The van der Waals surface area contributed by atoms with Crippen LogP contribution in [0.3, 0.4) is 0 Å². The van der Waals surface area contributed by atoms with Crippen molar-refractivity contribution in [2.24, 2.45) is 0 Å². The number of hydrogen-bond acceptors (Lipinski definition) is 6. The number of aryl methyl sites for hydroxylation is 1. The molecule has 0 fully saturated rings. The van der Waals surface area contributed by atoms with Gasteiger partial charge in [-0.05, 0) is 19.1 Å². The van der Waals surface area contributed by atoms with Gasteiger partial charge in [-0.2, -0.15) is 10.1 Å². The quantitative estimate of drug-likeness (QED) is 0.869. The Morgan fingerprint density at radius 2 is 2.26 bits per heavy atom. The summed E-state index contributed by atoms with van der Waals surface area (Å²) in [4.78, 5) is 28.2. The summed E-state index contributed by atoms with van der Waals surface area (Å²) >= 11 is 0. The lowest BCUT2D eigenvalue weighted by Gasteiger charge is -2.10. The van der Waals surface area contributed by atoms with Crippen LogP contribution in [0.25, 0.3) is 0 Å². The van der Waals surface area contributed by atoms with Gasteiger partial charge in [0.25, 0.3) is 5.91 Å². The lowest BCUT2D eigenvalue weighted by molar-refractivity contribution is -0.123. The number of benzene rings is 1. The zero-order valence-corrected chi connectivity index (χ0v) is 12.2. The van der Waals surface area contributed by atoms with Crippen LogP contribution < -0.4 is 20.1 Å². The van der Waals surface area contributed by atoms with Gasteiger partial charge in [0.05, 0.1) is 6.42 Å². The molecule has 0 bridgehead atoms. The van der Waals surface area contributed by atoms with Crippen LogP contribution in [-0.2, 0) is 9.59 Å². The molecular weight excluding hydrogens is 302 g/mol. The fourth-order valence-electron chi connectivity index (χ4n) is 2.58. The van der Waals surface area contributed by atoms with Gasteiger partial charge in [0.15, 0.2) is 11.5 Å². The molecule has 2 aliphatic heterocycles. The number of anilines is 2. The lowest BCUT2D eigenvalue weighted by Crippen LogP contribution is -2.23. The molecule has 0 aliphatic carbocycles. The topological polar surface area (TPSA) is 107 Å². The highest BCUT2D eigenvalue weighted by molar-refractivity contribution is 6.01. The molecule has 2 aromatic rings. The molecule has 2 N–H and O–H groups in total. The minimum Gasteiger partial charge on any atom is -0.454 e. The van der Waals surface area contributed by atoms with E-state index in [1.807, 2.05) is 0 Å². The number of rotatable bonds is 3. The Bertz CT molecular complexity index is 815. The van der Waals surface area contributed by atoms with Crippen molar-refractivity contribution >= 4 is 23.5 Å². The van der Waals surface area contributed by atoms with Crippen LogP contribution in [0.2, 0.25) is 0 Å². The Morgan fingerprint density at radius 3 is 3.13 bits per heavy atom. The monoisotopic (exact) mass is 315 g/mol. The zero-order valence-electron chi connectivity index (χ0n) is 12.2. The molecule has 23 heavy (non-hydrogen) atoms. The molecule has 1 aromatic carbocycles. The molecule has 0 radical (unpaired) electrons. The van der Waals surface area contributed by atoms with E-state index < -0.39 is 6.04 Å². The van der Waals surface area contributed by atoms with Crippen LogP contribution in [0.15, 0.2) is 18.2 Å². The molecule has 4 rings (SSSR count). The number of hydrogen-bond donors (Lipinski definition) is 2. The van der Waals surface area contributed by atoms with Crippen LogP contribution in [0, 0.1) is 6.92 Å². The van der Waals surface area contributed by atoms with E-state index in [2.05, 4.69) is 20.7 Å². The van der Waals surface area contributed by atoms with Gasteiger partial charge in [0.2, 0.25) is 18.6 Å². The second-order valence-corrected chi connectivity index (χ2v) is 5.25. The second-order valence-electron chi connectivity index (χ2n) is 5.25.